The van der Waals surface area contributed by atoms with Gasteiger partial charge in [0.2, 0.25) is 0 Å². The first kappa shape index (κ1) is 10.5. The van der Waals surface area contributed by atoms with E-state index in [1.807, 2.05) is 12.3 Å². The molecule has 1 N–H and O–H groups in total. The van der Waals surface area contributed by atoms with Crippen LogP contribution < -0.4 is 5.32 Å². The van der Waals surface area contributed by atoms with Gasteiger partial charge < -0.3 is 5.32 Å². The summed E-state index contributed by atoms with van der Waals surface area (Å²) in [4.78, 5) is 4.28. The highest BCUT2D eigenvalue weighted by Gasteiger charge is 2.07. The largest absolute Gasteiger partial charge is 0.355 e. The molecule has 0 fully saturated rings. The van der Waals surface area contributed by atoms with Gasteiger partial charge in [0, 0.05) is 12.4 Å². The highest BCUT2D eigenvalue weighted by Crippen LogP contribution is 2.14. The van der Waals surface area contributed by atoms with Crippen LogP contribution in [0, 0.1) is 12.3 Å². The molecule has 2 heterocycles. The molecule has 0 aliphatic carbocycles. The fraction of sp³-hybridized carbons (Fsp3) is 0.333. The molecule has 0 saturated carbocycles. The van der Waals surface area contributed by atoms with E-state index in [2.05, 4.69) is 28.2 Å². The van der Waals surface area contributed by atoms with Gasteiger partial charge in [-0.15, -0.1) is 6.42 Å². The molecule has 2 aromatic rings. The smallest absolute Gasteiger partial charge is 0.153 e. The summed E-state index contributed by atoms with van der Waals surface area (Å²) in [5, 5.41) is 7.39. The highest BCUT2D eigenvalue weighted by atomic mass is 15.2. The number of fused-ring (bicyclic) bond motifs is 1. The molecule has 0 spiro atoms. The van der Waals surface area contributed by atoms with Crippen molar-refractivity contribution in [3.8, 4) is 12.3 Å². The van der Waals surface area contributed by atoms with E-state index < -0.39 is 0 Å². The van der Waals surface area contributed by atoms with E-state index in [9.17, 15) is 0 Å². The maximum atomic E-state index is 5.46. The predicted molar refractivity (Wildman–Crippen MR) is 64.1 cm³/mol. The molecule has 2 rings (SSSR count). The lowest BCUT2D eigenvalue weighted by molar-refractivity contribution is 0.752. The number of anilines is 1. The average molecular weight is 214 g/mol. The lowest BCUT2D eigenvalue weighted by atomic mass is 10.2. The van der Waals surface area contributed by atoms with Gasteiger partial charge in [0.1, 0.15) is 5.52 Å². The van der Waals surface area contributed by atoms with Gasteiger partial charge in [0.15, 0.2) is 5.82 Å². The van der Waals surface area contributed by atoms with Crippen molar-refractivity contribution in [2.45, 2.75) is 25.8 Å². The molecule has 2 aromatic heterocycles. The summed E-state index contributed by atoms with van der Waals surface area (Å²) in [6, 6.07) is 1.94. The molecule has 0 saturated heterocycles. The van der Waals surface area contributed by atoms with Crippen molar-refractivity contribution in [3.05, 3.63) is 24.7 Å². The van der Waals surface area contributed by atoms with Crippen molar-refractivity contribution in [3.63, 3.8) is 0 Å². The quantitative estimate of drug-likeness (QED) is 0.791. The average Bonchev–Trinajstić information content (AvgIpc) is 2.77. The Hall–Kier alpha value is -2.02. The number of nitrogens with one attached hydrogen (secondary N) is 1. The number of hydrogen-bond donors (Lipinski definition) is 1. The molecule has 4 nitrogen and oxygen atoms in total. The third-order valence-corrected chi connectivity index (χ3v) is 2.41. The second-order valence-electron chi connectivity index (χ2n) is 3.59. The Bertz CT molecular complexity index is 509. The number of terminal acetylenes is 1. The minimum atomic E-state index is 0.0265. The molecule has 16 heavy (non-hydrogen) atoms. The van der Waals surface area contributed by atoms with Gasteiger partial charge in [0.05, 0.1) is 12.2 Å². The maximum absolute atomic E-state index is 5.46. The summed E-state index contributed by atoms with van der Waals surface area (Å²) in [6.45, 7) is 2.11. The molecule has 1 atom stereocenters. The second-order valence-corrected chi connectivity index (χ2v) is 3.59. The van der Waals surface area contributed by atoms with Gasteiger partial charge in [-0.05, 0) is 12.5 Å². The third kappa shape index (κ3) is 1.98. The zero-order valence-electron chi connectivity index (χ0n) is 9.22. The summed E-state index contributed by atoms with van der Waals surface area (Å²) in [5.41, 5.74) is 0.943. The zero-order valence-corrected chi connectivity index (χ0v) is 9.22. The fourth-order valence-corrected chi connectivity index (χ4v) is 1.62. The van der Waals surface area contributed by atoms with Crippen molar-refractivity contribution in [1.29, 1.82) is 0 Å². The van der Waals surface area contributed by atoms with Crippen molar-refractivity contribution in [1.82, 2.24) is 14.6 Å². The van der Waals surface area contributed by atoms with Gasteiger partial charge in [-0.2, -0.15) is 5.10 Å². The summed E-state index contributed by atoms with van der Waals surface area (Å²) < 4.78 is 1.77. The molecular weight excluding hydrogens is 200 g/mol. The Morgan fingerprint density at radius 2 is 2.44 bits per heavy atom. The number of nitrogens with zero attached hydrogens (tertiary/aromatic N) is 3. The van der Waals surface area contributed by atoms with Crippen LogP contribution in [0.4, 0.5) is 5.82 Å². The highest BCUT2D eigenvalue weighted by molar-refractivity contribution is 5.67. The first-order valence-electron chi connectivity index (χ1n) is 5.36. The molecule has 0 aliphatic rings. The SMILES string of the molecule is C#CC(CCC)Nc1nccn2nccc12. The molecule has 0 aliphatic heterocycles. The molecule has 0 amide bonds. The monoisotopic (exact) mass is 214 g/mol. The predicted octanol–water partition coefficient (Wildman–Crippen LogP) is 1.94. The van der Waals surface area contributed by atoms with Crippen molar-refractivity contribution in [2.24, 2.45) is 0 Å². The Morgan fingerprint density at radius 3 is 3.19 bits per heavy atom. The summed E-state index contributed by atoms with van der Waals surface area (Å²) in [7, 11) is 0. The van der Waals surface area contributed by atoms with E-state index in [1.54, 1.807) is 16.9 Å². The van der Waals surface area contributed by atoms with E-state index in [0.717, 1.165) is 24.2 Å². The van der Waals surface area contributed by atoms with Crippen LogP contribution in [0.3, 0.4) is 0 Å². The van der Waals surface area contributed by atoms with Crippen LogP contribution in [0.15, 0.2) is 24.7 Å². The lowest BCUT2D eigenvalue weighted by Gasteiger charge is -2.13. The number of aromatic nitrogens is 3. The van der Waals surface area contributed by atoms with E-state index in [1.165, 1.54) is 0 Å². The van der Waals surface area contributed by atoms with Crippen molar-refractivity contribution < 1.29 is 0 Å². The standard InChI is InChI=1S/C12H14N4/c1-3-5-10(4-2)15-12-11-6-7-14-16(11)9-8-13-12/h2,6-10H,3,5H2,1H3,(H,13,15). The van der Waals surface area contributed by atoms with Crippen LogP contribution in [0.2, 0.25) is 0 Å². The first-order valence-corrected chi connectivity index (χ1v) is 5.36. The normalized spacial score (nSPS) is 12.2. The lowest BCUT2D eigenvalue weighted by Crippen LogP contribution is -2.18. The molecule has 1 unspecified atom stereocenters. The fourth-order valence-electron chi connectivity index (χ4n) is 1.62. The Kier molecular flexibility index (Phi) is 3.06. The van der Waals surface area contributed by atoms with Gasteiger partial charge in [-0.25, -0.2) is 9.50 Å². The first-order chi connectivity index (χ1) is 7.85. The van der Waals surface area contributed by atoms with E-state index in [0.29, 0.717) is 0 Å². The summed E-state index contributed by atoms with van der Waals surface area (Å²) >= 11 is 0. The van der Waals surface area contributed by atoms with Gasteiger partial charge in [-0.3, -0.25) is 0 Å². The van der Waals surface area contributed by atoms with Gasteiger partial charge in [0.25, 0.3) is 0 Å². The van der Waals surface area contributed by atoms with E-state index in [4.69, 9.17) is 6.42 Å². The molecule has 82 valence electrons. The Balaban J connectivity index is 2.26. The minimum absolute atomic E-state index is 0.0265. The summed E-state index contributed by atoms with van der Waals surface area (Å²) in [6.07, 6.45) is 12.7. The van der Waals surface area contributed by atoms with Crippen LogP contribution >= 0.6 is 0 Å². The van der Waals surface area contributed by atoms with Crippen LogP contribution in [0.1, 0.15) is 19.8 Å². The maximum Gasteiger partial charge on any atom is 0.153 e. The van der Waals surface area contributed by atoms with Crippen LogP contribution in [-0.2, 0) is 0 Å². The molecule has 0 aromatic carbocycles. The van der Waals surface area contributed by atoms with Crippen LogP contribution in [0.25, 0.3) is 5.52 Å². The van der Waals surface area contributed by atoms with E-state index >= 15 is 0 Å². The third-order valence-electron chi connectivity index (χ3n) is 2.41. The topological polar surface area (TPSA) is 42.2 Å². The second kappa shape index (κ2) is 4.67. The Morgan fingerprint density at radius 1 is 1.56 bits per heavy atom. The van der Waals surface area contributed by atoms with Crippen LogP contribution in [-0.4, -0.2) is 20.6 Å². The molecule has 0 bridgehead atoms. The van der Waals surface area contributed by atoms with E-state index in [-0.39, 0.29) is 6.04 Å². The number of rotatable bonds is 4. The number of hydrogen-bond acceptors (Lipinski definition) is 3. The molecule has 0 radical (unpaired) electrons. The Labute approximate surface area is 94.7 Å². The van der Waals surface area contributed by atoms with Gasteiger partial charge >= 0.3 is 0 Å². The van der Waals surface area contributed by atoms with Gasteiger partial charge in [-0.1, -0.05) is 19.3 Å². The van der Waals surface area contributed by atoms with Crippen molar-refractivity contribution in [2.75, 3.05) is 5.32 Å². The molecule has 4 heteroatoms. The summed E-state index contributed by atoms with van der Waals surface area (Å²) in [5.74, 6) is 3.52. The van der Waals surface area contributed by atoms with Crippen molar-refractivity contribution >= 4 is 11.3 Å². The molecular formula is C12H14N4. The zero-order chi connectivity index (χ0) is 11.4. The minimum Gasteiger partial charge on any atom is -0.355 e. The van der Waals surface area contributed by atoms with Crippen LogP contribution in [0.5, 0.6) is 0 Å².